The highest BCUT2D eigenvalue weighted by Crippen LogP contribution is 2.30. The number of nitrogens with zero attached hydrogens (tertiary/aromatic N) is 6. The number of nitrogens with one attached hydrogen (secondary N) is 2. The summed E-state index contributed by atoms with van der Waals surface area (Å²) in [5.41, 5.74) is 0.355. The van der Waals surface area contributed by atoms with Gasteiger partial charge < -0.3 is 34.3 Å². The second kappa shape index (κ2) is 10.2. The van der Waals surface area contributed by atoms with Crippen molar-refractivity contribution in [3.63, 3.8) is 0 Å². The molecule has 0 aromatic carbocycles. The lowest BCUT2D eigenvalue weighted by molar-refractivity contribution is -0.138. The summed E-state index contributed by atoms with van der Waals surface area (Å²) in [7, 11) is 2.79. The molecule has 2 fully saturated rings. The highest BCUT2D eigenvalue weighted by molar-refractivity contribution is 5.89. The molecular weight excluding hydrogens is 505 g/mol. The molecule has 0 unspecified atom stereocenters. The highest BCUT2D eigenvalue weighted by Gasteiger charge is 2.33. The average molecular weight is 535 g/mol. The van der Waals surface area contributed by atoms with Gasteiger partial charge in [0.2, 0.25) is 0 Å². The van der Waals surface area contributed by atoms with Gasteiger partial charge in [-0.1, -0.05) is 0 Å². The molecule has 3 aromatic rings. The van der Waals surface area contributed by atoms with E-state index in [1.165, 1.54) is 11.9 Å². The minimum absolute atomic E-state index is 0.159. The molecule has 5 heterocycles. The fourth-order valence-corrected chi connectivity index (χ4v) is 4.87. The molecule has 0 atom stereocenters. The van der Waals surface area contributed by atoms with Crippen LogP contribution in [0.25, 0.3) is 11.2 Å². The van der Waals surface area contributed by atoms with E-state index in [-0.39, 0.29) is 6.04 Å². The van der Waals surface area contributed by atoms with Gasteiger partial charge in [0.25, 0.3) is 5.56 Å². The van der Waals surface area contributed by atoms with E-state index in [1.807, 2.05) is 6.20 Å². The predicted molar refractivity (Wildman–Crippen MR) is 136 cm³/mol. The van der Waals surface area contributed by atoms with E-state index < -0.39 is 29.0 Å². The molecule has 3 aromatic heterocycles. The smallest absolute Gasteiger partial charge is 0.378 e. The zero-order valence-electron chi connectivity index (χ0n) is 21.1. The lowest BCUT2D eigenvalue weighted by Gasteiger charge is -2.37. The van der Waals surface area contributed by atoms with Gasteiger partial charge in [-0.25, -0.2) is 14.8 Å². The topological polar surface area (TPSA) is 112 Å². The number of alkyl halides is 3. The first kappa shape index (κ1) is 25.8. The van der Waals surface area contributed by atoms with Crippen LogP contribution in [0.1, 0.15) is 18.4 Å². The summed E-state index contributed by atoms with van der Waals surface area (Å²) in [6.45, 7) is 4.13. The Morgan fingerprint density at radius 2 is 1.89 bits per heavy atom. The number of amides is 2. The maximum atomic E-state index is 13.2. The van der Waals surface area contributed by atoms with Gasteiger partial charge in [0.05, 0.1) is 30.7 Å². The van der Waals surface area contributed by atoms with Crippen molar-refractivity contribution < 1.29 is 22.7 Å². The molecule has 2 N–H and O–H groups in total. The Balaban J connectivity index is 1.24. The number of hydrogen-bond donors (Lipinski definition) is 2. The molecule has 0 aliphatic carbocycles. The Bertz CT molecular complexity index is 1370. The third-order valence-electron chi connectivity index (χ3n) is 7.11. The van der Waals surface area contributed by atoms with Gasteiger partial charge in [-0.2, -0.15) is 13.2 Å². The van der Waals surface area contributed by atoms with Gasteiger partial charge in [-0.05, 0) is 18.9 Å². The number of fused-ring (bicyclic) bond motifs is 1. The van der Waals surface area contributed by atoms with E-state index in [0.717, 1.165) is 34.7 Å². The molecule has 14 heteroatoms. The zero-order chi connectivity index (χ0) is 27.0. The van der Waals surface area contributed by atoms with E-state index >= 15 is 0 Å². The zero-order valence-corrected chi connectivity index (χ0v) is 21.1. The summed E-state index contributed by atoms with van der Waals surface area (Å²) in [5, 5.41) is 2.36. The summed E-state index contributed by atoms with van der Waals surface area (Å²) >= 11 is 0. The quantitative estimate of drug-likeness (QED) is 0.530. The van der Waals surface area contributed by atoms with Gasteiger partial charge in [0, 0.05) is 58.7 Å². The molecule has 0 radical (unpaired) electrons. The number of pyridine rings is 1. The highest BCUT2D eigenvalue weighted by atomic mass is 19.4. The molecule has 11 nitrogen and oxygen atoms in total. The van der Waals surface area contributed by atoms with Crippen LogP contribution in [-0.4, -0.2) is 82.9 Å². The maximum absolute atomic E-state index is 13.2. The molecule has 204 valence electrons. The van der Waals surface area contributed by atoms with Gasteiger partial charge in [0.15, 0.2) is 5.65 Å². The van der Waals surface area contributed by atoms with Crippen molar-refractivity contribution in [2.75, 3.05) is 61.6 Å². The Kier molecular flexibility index (Phi) is 6.90. The average Bonchev–Trinajstić information content (AvgIpc) is 3.34. The number of carbonyl (C=O) groups is 1. The van der Waals surface area contributed by atoms with E-state index in [9.17, 15) is 22.8 Å². The van der Waals surface area contributed by atoms with Crippen molar-refractivity contribution in [1.82, 2.24) is 24.4 Å². The number of halogens is 3. The standard InChI is InChI=1S/C24H29F3N8O3/c1-32-14-15(24(25,26)27)11-17(22(32)36)30-23(37)33(2)16-3-5-35(6-4-16)19-13-29-21-20(31-19)18(12-28-21)34-7-9-38-10-8-34/h11-14,16H,3-10H2,1-2H3,(H,28,29)(H,30,37). The number of rotatable bonds is 4. The fourth-order valence-electron chi connectivity index (χ4n) is 4.87. The van der Waals surface area contributed by atoms with Crippen molar-refractivity contribution in [2.24, 2.45) is 7.05 Å². The number of aromatic nitrogens is 4. The van der Waals surface area contributed by atoms with Gasteiger partial charge in [-0.3, -0.25) is 4.79 Å². The fraction of sp³-hybridized carbons (Fsp3) is 0.500. The van der Waals surface area contributed by atoms with Crippen LogP contribution in [0.2, 0.25) is 0 Å². The number of aromatic amines is 1. The first-order valence-corrected chi connectivity index (χ1v) is 12.4. The Hall–Kier alpha value is -3.81. The van der Waals surface area contributed by atoms with Crippen LogP contribution in [0.15, 0.2) is 29.5 Å². The summed E-state index contributed by atoms with van der Waals surface area (Å²) in [6, 6.07) is -0.130. The summed E-state index contributed by atoms with van der Waals surface area (Å²) in [4.78, 5) is 43.5. The normalized spacial score (nSPS) is 17.2. The number of H-pyrrole nitrogens is 1. The second-order valence-electron chi connectivity index (χ2n) is 9.51. The Morgan fingerprint density at radius 1 is 1.18 bits per heavy atom. The molecule has 38 heavy (non-hydrogen) atoms. The molecule has 2 saturated heterocycles. The molecule has 2 aliphatic rings. The van der Waals surface area contributed by atoms with E-state index in [0.29, 0.717) is 57.1 Å². The number of urea groups is 1. The molecule has 0 spiro atoms. The molecule has 2 amide bonds. The van der Waals surface area contributed by atoms with Gasteiger partial charge in [-0.15, -0.1) is 0 Å². The summed E-state index contributed by atoms with van der Waals surface area (Å²) in [5.74, 6) is 0.740. The van der Waals surface area contributed by atoms with E-state index in [2.05, 4.69) is 25.1 Å². The largest absolute Gasteiger partial charge is 0.417 e. The van der Waals surface area contributed by atoms with Gasteiger partial charge >= 0.3 is 12.2 Å². The predicted octanol–water partition coefficient (Wildman–Crippen LogP) is 2.64. The summed E-state index contributed by atoms with van der Waals surface area (Å²) < 4.78 is 45.8. The maximum Gasteiger partial charge on any atom is 0.417 e. The van der Waals surface area contributed by atoms with Crippen molar-refractivity contribution in [1.29, 1.82) is 0 Å². The minimum atomic E-state index is -4.64. The second-order valence-corrected chi connectivity index (χ2v) is 9.51. The minimum Gasteiger partial charge on any atom is -0.378 e. The van der Waals surface area contributed by atoms with E-state index in [4.69, 9.17) is 9.72 Å². The van der Waals surface area contributed by atoms with Crippen LogP contribution in [-0.2, 0) is 18.0 Å². The van der Waals surface area contributed by atoms with Crippen LogP contribution in [0, 0.1) is 0 Å². The van der Waals surface area contributed by atoms with Crippen molar-refractivity contribution in [3.05, 3.63) is 40.6 Å². The number of piperidine rings is 1. The van der Waals surface area contributed by atoms with E-state index in [1.54, 1.807) is 13.2 Å². The third kappa shape index (κ3) is 5.12. The number of aryl methyl sites for hydroxylation is 1. The van der Waals surface area contributed by atoms with Crippen LogP contribution in [0.4, 0.5) is 35.2 Å². The molecular formula is C24H29F3N8O3. The van der Waals surface area contributed by atoms with Crippen LogP contribution < -0.4 is 20.7 Å². The molecule has 2 aliphatic heterocycles. The number of anilines is 3. The van der Waals surface area contributed by atoms with Crippen molar-refractivity contribution in [2.45, 2.75) is 25.1 Å². The Morgan fingerprint density at radius 3 is 2.58 bits per heavy atom. The van der Waals surface area contributed by atoms with Crippen molar-refractivity contribution in [3.8, 4) is 0 Å². The first-order chi connectivity index (χ1) is 18.1. The summed E-state index contributed by atoms with van der Waals surface area (Å²) in [6.07, 6.45) is 0.939. The third-order valence-corrected chi connectivity index (χ3v) is 7.11. The number of hydrogen-bond acceptors (Lipinski definition) is 7. The van der Waals surface area contributed by atoms with Crippen LogP contribution in [0.3, 0.4) is 0 Å². The Labute approximate surface area is 216 Å². The van der Waals surface area contributed by atoms with Crippen LogP contribution >= 0.6 is 0 Å². The lowest BCUT2D eigenvalue weighted by atomic mass is 10.0. The SMILES string of the molecule is CN(C(=O)Nc1cc(C(F)(F)F)cn(C)c1=O)C1CCN(c2cnc3[nH]cc(N4CCOCC4)c3n2)CC1. The van der Waals surface area contributed by atoms with Crippen molar-refractivity contribution >= 4 is 34.4 Å². The number of morpholine rings is 1. The first-order valence-electron chi connectivity index (χ1n) is 12.4. The molecule has 0 saturated carbocycles. The lowest BCUT2D eigenvalue weighted by Crippen LogP contribution is -2.47. The number of carbonyl (C=O) groups excluding carboxylic acids is 1. The monoisotopic (exact) mass is 534 g/mol. The molecule has 0 bridgehead atoms. The molecule has 5 rings (SSSR count). The number of ether oxygens (including phenoxy) is 1. The van der Waals surface area contributed by atoms with Gasteiger partial charge in [0.1, 0.15) is 17.0 Å². The van der Waals surface area contributed by atoms with Crippen LogP contribution in [0.5, 0.6) is 0 Å².